The monoisotopic (exact) mass is 197 g/mol. The first-order chi connectivity index (χ1) is 6.18. The average Bonchev–Trinajstić information content (AvgIpc) is 2.49. The van der Waals surface area contributed by atoms with Crippen LogP contribution >= 0.6 is 11.6 Å². The number of benzene rings is 1. The lowest BCUT2D eigenvalue weighted by Crippen LogP contribution is -1.86. The highest BCUT2D eigenvalue weighted by atomic mass is 35.5. The van der Waals surface area contributed by atoms with E-state index in [9.17, 15) is 9.90 Å². The van der Waals surface area contributed by atoms with Gasteiger partial charge in [0.2, 0.25) is 0 Å². The third-order valence-corrected chi connectivity index (χ3v) is 1.73. The summed E-state index contributed by atoms with van der Waals surface area (Å²) in [5, 5.41) is 8.51. The van der Waals surface area contributed by atoms with Crippen LogP contribution in [0, 0.1) is 0 Å². The molecule has 2 aromatic rings. The van der Waals surface area contributed by atoms with E-state index in [0.717, 1.165) is 0 Å². The minimum atomic E-state index is -0.782. The maximum Gasteiger partial charge on any atom is 0.307 e. The highest BCUT2D eigenvalue weighted by Gasteiger charge is 2.13. The molecule has 66 valence electrons. The Morgan fingerprint density at radius 2 is 2.31 bits per heavy atom. The third-order valence-electron chi connectivity index (χ3n) is 1.57. The number of hydrogen-bond acceptors (Lipinski definition) is 4. The Hall–Kier alpha value is -1.55. The van der Waals surface area contributed by atoms with Gasteiger partial charge in [-0.2, -0.15) is 0 Å². The summed E-state index contributed by atoms with van der Waals surface area (Å²) in [7, 11) is 0. The predicted octanol–water partition coefficient (Wildman–Crippen LogP) is 1.91. The van der Waals surface area contributed by atoms with Crippen LogP contribution < -0.4 is 0 Å². The fourth-order valence-corrected chi connectivity index (χ4v) is 1.10. The van der Waals surface area contributed by atoms with Crippen LogP contribution in [0.5, 0.6) is 5.75 Å². The number of para-hydroxylation sites is 1. The summed E-state index contributed by atoms with van der Waals surface area (Å²) in [5.41, 5.74) is 0.579. The first-order valence-corrected chi connectivity index (χ1v) is 3.84. The van der Waals surface area contributed by atoms with Crippen molar-refractivity contribution in [2.24, 2.45) is 0 Å². The van der Waals surface area contributed by atoms with Crippen molar-refractivity contribution < 1.29 is 14.3 Å². The molecule has 1 aromatic carbocycles. The van der Waals surface area contributed by atoms with Gasteiger partial charge in [-0.1, -0.05) is 6.07 Å². The second-order valence-electron chi connectivity index (χ2n) is 2.42. The van der Waals surface area contributed by atoms with Gasteiger partial charge in [-0.25, -0.2) is 4.98 Å². The van der Waals surface area contributed by atoms with Gasteiger partial charge in [0.25, 0.3) is 5.89 Å². The lowest BCUT2D eigenvalue weighted by atomic mass is 10.3. The molecule has 0 fully saturated rings. The van der Waals surface area contributed by atoms with Gasteiger partial charge < -0.3 is 9.52 Å². The van der Waals surface area contributed by atoms with E-state index < -0.39 is 5.24 Å². The Morgan fingerprint density at radius 3 is 2.92 bits per heavy atom. The van der Waals surface area contributed by atoms with Crippen LogP contribution in [0.1, 0.15) is 10.7 Å². The quantitative estimate of drug-likeness (QED) is 0.710. The number of halogens is 1. The van der Waals surface area contributed by atoms with E-state index in [1.165, 1.54) is 6.07 Å². The second kappa shape index (κ2) is 2.74. The average molecular weight is 198 g/mol. The van der Waals surface area contributed by atoms with Gasteiger partial charge in [0.05, 0.1) is 0 Å². The van der Waals surface area contributed by atoms with Crippen molar-refractivity contribution in [1.82, 2.24) is 4.98 Å². The number of carbonyl (C=O) groups excluding carboxylic acids is 1. The van der Waals surface area contributed by atoms with Crippen LogP contribution in [0.2, 0.25) is 0 Å². The number of hydrogen-bond donors (Lipinski definition) is 1. The smallest absolute Gasteiger partial charge is 0.307 e. The van der Waals surface area contributed by atoms with Gasteiger partial charge >= 0.3 is 5.24 Å². The van der Waals surface area contributed by atoms with Crippen molar-refractivity contribution in [2.45, 2.75) is 0 Å². The molecule has 0 radical (unpaired) electrons. The van der Waals surface area contributed by atoms with E-state index >= 15 is 0 Å². The molecule has 1 heterocycles. The number of aromatic hydroxyl groups is 1. The van der Waals surface area contributed by atoms with Gasteiger partial charge in [0.1, 0.15) is 5.75 Å². The molecule has 0 amide bonds. The van der Waals surface area contributed by atoms with Crippen LogP contribution in [0.15, 0.2) is 22.6 Å². The molecular weight excluding hydrogens is 194 g/mol. The third kappa shape index (κ3) is 1.25. The molecule has 1 N–H and O–H groups in total. The number of phenolic OH excluding ortho intramolecular Hbond substituents is 1. The summed E-state index contributed by atoms with van der Waals surface area (Å²) in [4.78, 5) is 14.4. The molecular formula is C8H4ClNO3. The Kier molecular flexibility index (Phi) is 1.70. The maximum atomic E-state index is 10.7. The highest BCUT2D eigenvalue weighted by Crippen LogP contribution is 2.24. The van der Waals surface area contributed by atoms with Crippen molar-refractivity contribution in [3.63, 3.8) is 0 Å². The van der Waals surface area contributed by atoms with Gasteiger partial charge in [-0.3, -0.25) is 4.79 Å². The molecule has 1 aromatic heterocycles. The molecule has 0 spiro atoms. The summed E-state index contributed by atoms with van der Waals surface area (Å²) < 4.78 is 4.96. The standard InChI is InChI=1S/C8H4ClNO3/c9-7(12)8-10-6-4(11)2-1-3-5(6)13-8/h1-3,11H. The molecule has 0 aliphatic rings. The Labute approximate surface area is 77.8 Å². The summed E-state index contributed by atoms with van der Waals surface area (Å²) in [6, 6.07) is 4.63. The molecule has 0 saturated heterocycles. The lowest BCUT2D eigenvalue weighted by Gasteiger charge is -1.87. The van der Waals surface area contributed by atoms with Crippen LogP contribution in [-0.2, 0) is 0 Å². The van der Waals surface area contributed by atoms with Gasteiger partial charge in [-0.15, -0.1) is 0 Å². The van der Waals surface area contributed by atoms with E-state index in [2.05, 4.69) is 4.98 Å². The number of carbonyl (C=O) groups is 1. The lowest BCUT2D eigenvalue weighted by molar-refractivity contribution is 0.105. The fourth-order valence-electron chi connectivity index (χ4n) is 1.02. The van der Waals surface area contributed by atoms with E-state index in [1.54, 1.807) is 12.1 Å². The fraction of sp³-hybridized carbons (Fsp3) is 0. The van der Waals surface area contributed by atoms with Crippen molar-refractivity contribution in [2.75, 3.05) is 0 Å². The SMILES string of the molecule is O=C(Cl)c1nc2c(O)cccc2o1. The van der Waals surface area contributed by atoms with Crippen molar-refractivity contribution in [3.05, 3.63) is 24.1 Å². The molecule has 0 bridgehead atoms. The van der Waals surface area contributed by atoms with Crippen molar-refractivity contribution >= 4 is 27.9 Å². The predicted molar refractivity (Wildman–Crippen MR) is 45.9 cm³/mol. The Bertz CT molecular complexity index is 477. The van der Waals surface area contributed by atoms with E-state index in [4.69, 9.17) is 16.0 Å². The van der Waals surface area contributed by atoms with E-state index in [0.29, 0.717) is 5.58 Å². The van der Waals surface area contributed by atoms with Crippen LogP contribution in [0.4, 0.5) is 0 Å². The molecule has 0 unspecified atom stereocenters. The van der Waals surface area contributed by atoms with Gasteiger partial charge in [-0.05, 0) is 23.7 Å². The Balaban J connectivity index is 2.75. The summed E-state index contributed by atoms with van der Waals surface area (Å²) in [6.45, 7) is 0. The summed E-state index contributed by atoms with van der Waals surface area (Å²) >= 11 is 5.15. The van der Waals surface area contributed by atoms with E-state index in [1.807, 2.05) is 0 Å². The number of nitrogens with zero attached hydrogens (tertiary/aromatic N) is 1. The largest absolute Gasteiger partial charge is 0.506 e. The highest BCUT2D eigenvalue weighted by molar-refractivity contribution is 6.67. The van der Waals surface area contributed by atoms with Gasteiger partial charge in [0.15, 0.2) is 11.1 Å². The molecule has 13 heavy (non-hydrogen) atoms. The molecule has 0 atom stereocenters. The minimum absolute atomic E-state index is 0.0367. The van der Waals surface area contributed by atoms with E-state index in [-0.39, 0.29) is 17.2 Å². The molecule has 0 aliphatic heterocycles. The van der Waals surface area contributed by atoms with Crippen molar-refractivity contribution in [1.29, 1.82) is 0 Å². The zero-order valence-electron chi connectivity index (χ0n) is 6.32. The number of rotatable bonds is 1. The minimum Gasteiger partial charge on any atom is -0.506 e. The Morgan fingerprint density at radius 1 is 1.54 bits per heavy atom. The molecule has 4 nitrogen and oxygen atoms in total. The number of phenols is 1. The first kappa shape index (κ1) is 8.07. The normalized spacial score (nSPS) is 10.5. The zero-order chi connectivity index (χ0) is 9.42. The second-order valence-corrected chi connectivity index (χ2v) is 2.76. The summed E-state index contributed by atoms with van der Waals surface area (Å²) in [6.07, 6.45) is 0. The molecule has 2 rings (SSSR count). The molecule has 0 aliphatic carbocycles. The number of oxazole rings is 1. The first-order valence-electron chi connectivity index (χ1n) is 3.47. The van der Waals surface area contributed by atoms with Gasteiger partial charge in [0, 0.05) is 0 Å². The van der Waals surface area contributed by atoms with Crippen LogP contribution in [-0.4, -0.2) is 15.3 Å². The van der Waals surface area contributed by atoms with Crippen LogP contribution in [0.3, 0.4) is 0 Å². The summed E-state index contributed by atoms with van der Waals surface area (Å²) in [5.74, 6) is -0.247. The molecule has 0 saturated carbocycles. The zero-order valence-corrected chi connectivity index (χ0v) is 7.08. The van der Waals surface area contributed by atoms with Crippen molar-refractivity contribution in [3.8, 4) is 5.75 Å². The molecule has 5 heteroatoms. The van der Waals surface area contributed by atoms with Crippen LogP contribution in [0.25, 0.3) is 11.1 Å². The number of aromatic nitrogens is 1. The maximum absolute atomic E-state index is 10.7. The topological polar surface area (TPSA) is 63.3 Å². The number of fused-ring (bicyclic) bond motifs is 1.